The predicted octanol–water partition coefficient (Wildman–Crippen LogP) is 4.60. The lowest BCUT2D eigenvalue weighted by atomic mass is 10.2. The van der Waals surface area contributed by atoms with E-state index in [2.05, 4.69) is 15.5 Å². The Morgan fingerprint density at radius 3 is 2.77 bits per heavy atom. The highest BCUT2D eigenvalue weighted by Gasteiger charge is 2.17. The standard InChI is InChI=1S/C22H23N3O4S/c1-4-28-20-12-16(10-11-19(20)29-15(2)21(26)27-3)13-23-25-22-24-18(14-30-22)17-8-6-5-7-9-17/h5-15H,4H2,1-3H3,(H,24,25). The topological polar surface area (TPSA) is 82.0 Å². The molecule has 0 radical (unpaired) electrons. The number of nitrogens with zero attached hydrogens (tertiary/aromatic N) is 2. The third kappa shape index (κ3) is 5.57. The molecule has 0 aliphatic heterocycles. The van der Waals surface area contributed by atoms with Crippen molar-refractivity contribution in [3.63, 3.8) is 0 Å². The first-order valence-electron chi connectivity index (χ1n) is 9.42. The molecule has 1 atom stereocenters. The first-order chi connectivity index (χ1) is 14.6. The molecule has 0 aliphatic rings. The average Bonchev–Trinajstić information content (AvgIpc) is 3.24. The molecule has 156 valence electrons. The van der Waals surface area contributed by atoms with Gasteiger partial charge in [0.15, 0.2) is 17.6 Å². The van der Waals surface area contributed by atoms with Crippen LogP contribution in [-0.2, 0) is 9.53 Å². The molecule has 7 nitrogen and oxygen atoms in total. The molecule has 3 aromatic rings. The van der Waals surface area contributed by atoms with Crippen molar-refractivity contribution >= 4 is 28.7 Å². The molecule has 1 N–H and O–H groups in total. The van der Waals surface area contributed by atoms with Gasteiger partial charge in [0, 0.05) is 10.9 Å². The molecule has 0 amide bonds. The van der Waals surface area contributed by atoms with Crippen molar-refractivity contribution in [1.82, 2.24) is 4.98 Å². The summed E-state index contributed by atoms with van der Waals surface area (Å²) < 4.78 is 16.0. The molecule has 1 heterocycles. The number of rotatable bonds is 9. The van der Waals surface area contributed by atoms with Gasteiger partial charge in [-0.1, -0.05) is 30.3 Å². The van der Waals surface area contributed by atoms with E-state index in [1.165, 1.54) is 18.4 Å². The molecule has 0 saturated carbocycles. The van der Waals surface area contributed by atoms with Gasteiger partial charge in [-0.05, 0) is 37.6 Å². The van der Waals surface area contributed by atoms with E-state index in [0.717, 1.165) is 16.8 Å². The third-order valence-electron chi connectivity index (χ3n) is 4.05. The van der Waals surface area contributed by atoms with Crippen molar-refractivity contribution < 1.29 is 19.0 Å². The summed E-state index contributed by atoms with van der Waals surface area (Å²) in [5.41, 5.74) is 5.72. The molecule has 0 spiro atoms. The Bertz CT molecular complexity index is 1000. The van der Waals surface area contributed by atoms with E-state index >= 15 is 0 Å². The average molecular weight is 426 g/mol. The van der Waals surface area contributed by atoms with Gasteiger partial charge in [-0.3, -0.25) is 5.43 Å². The number of carbonyl (C=O) groups excluding carboxylic acids is 1. The summed E-state index contributed by atoms with van der Waals surface area (Å²) in [4.78, 5) is 16.1. The second-order valence-electron chi connectivity index (χ2n) is 6.20. The van der Waals surface area contributed by atoms with Crippen LogP contribution in [0, 0.1) is 0 Å². The van der Waals surface area contributed by atoms with Crippen LogP contribution in [0.5, 0.6) is 11.5 Å². The zero-order chi connectivity index (χ0) is 21.3. The van der Waals surface area contributed by atoms with E-state index < -0.39 is 12.1 Å². The number of methoxy groups -OCH3 is 1. The van der Waals surface area contributed by atoms with Gasteiger partial charge in [-0.25, -0.2) is 9.78 Å². The summed E-state index contributed by atoms with van der Waals surface area (Å²) in [7, 11) is 1.32. The number of benzene rings is 2. The van der Waals surface area contributed by atoms with Gasteiger partial charge >= 0.3 is 5.97 Å². The number of thiazole rings is 1. The fourth-order valence-electron chi connectivity index (χ4n) is 2.60. The van der Waals surface area contributed by atoms with E-state index in [4.69, 9.17) is 14.2 Å². The number of nitrogens with one attached hydrogen (secondary N) is 1. The summed E-state index contributed by atoms with van der Waals surface area (Å²) in [6, 6.07) is 15.3. The maximum Gasteiger partial charge on any atom is 0.346 e. The lowest BCUT2D eigenvalue weighted by Crippen LogP contribution is -2.25. The zero-order valence-corrected chi connectivity index (χ0v) is 17.8. The van der Waals surface area contributed by atoms with E-state index in [0.29, 0.717) is 23.2 Å². The lowest BCUT2D eigenvalue weighted by Gasteiger charge is -2.16. The molecule has 0 aliphatic carbocycles. The van der Waals surface area contributed by atoms with Crippen LogP contribution in [0.4, 0.5) is 5.13 Å². The maximum atomic E-state index is 11.6. The first-order valence-corrected chi connectivity index (χ1v) is 10.3. The Hall–Kier alpha value is -3.39. The Morgan fingerprint density at radius 1 is 1.23 bits per heavy atom. The number of ether oxygens (including phenoxy) is 3. The highest BCUT2D eigenvalue weighted by molar-refractivity contribution is 7.14. The van der Waals surface area contributed by atoms with Crippen molar-refractivity contribution in [1.29, 1.82) is 0 Å². The highest BCUT2D eigenvalue weighted by atomic mass is 32.1. The van der Waals surface area contributed by atoms with Crippen LogP contribution in [0.15, 0.2) is 59.0 Å². The van der Waals surface area contributed by atoms with Crippen LogP contribution >= 0.6 is 11.3 Å². The monoisotopic (exact) mass is 425 g/mol. The van der Waals surface area contributed by atoms with Crippen molar-refractivity contribution in [2.75, 3.05) is 19.1 Å². The van der Waals surface area contributed by atoms with Gasteiger partial charge < -0.3 is 14.2 Å². The number of carbonyl (C=O) groups is 1. The molecule has 0 bridgehead atoms. The van der Waals surface area contributed by atoms with Gasteiger partial charge in [-0.2, -0.15) is 5.10 Å². The number of anilines is 1. The Balaban J connectivity index is 1.67. The number of esters is 1. The van der Waals surface area contributed by atoms with Crippen LogP contribution in [0.1, 0.15) is 19.4 Å². The quantitative estimate of drug-likeness (QED) is 0.307. The fraction of sp³-hybridized carbons (Fsp3) is 0.227. The van der Waals surface area contributed by atoms with Crippen LogP contribution in [0.2, 0.25) is 0 Å². The van der Waals surface area contributed by atoms with Crippen LogP contribution < -0.4 is 14.9 Å². The minimum atomic E-state index is -0.737. The number of hydrogen-bond donors (Lipinski definition) is 1. The van der Waals surface area contributed by atoms with Crippen molar-refractivity contribution in [3.05, 3.63) is 59.5 Å². The lowest BCUT2D eigenvalue weighted by molar-refractivity contribution is -0.147. The van der Waals surface area contributed by atoms with Gasteiger partial charge in [0.2, 0.25) is 5.13 Å². The number of hydrogen-bond acceptors (Lipinski definition) is 8. The maximum absolute atomic E-state index is 11.6. The molecule has 0 fully saturated rings. The van der Waals surface area contributed by atoms with Crippen molar-refractivity contribution in [3.8, 4) is 22.8 Å². The summed E-state index contributed by atoms with van der Waals surface area (Å²) >= 11 is 1.48. The smallest absolute Gasteiger partial charge is 0.346 e. The van der Waals surface area contributed by atoms with E-state index in [9.17, 15) is 4.79 Å². The Labute approximate surface area is 179 Å². The number of aromatic nitrogens is 1. The van der Waals surface area contributed by atoms with Crippen LogP contribution in [0.25, 0.3) is 11.3 Å². The molecule has 2 aromatic carbocycles. The summed E-state index contributed by atoms with van der Waals surface area (Å²) in [5, 5.41) is 6.93. The molecule has 3 rings (SSSR count). The summed E-state index contributed by atoms with van der Waals surface area (Å²) in [6.07, 6.45) is 0.929. The van der Waals surface area contributed by atoms with Crippen LogP contribution in [-0.4, -0.2) is 37.0 Å². The van der Waals surface area contributed by atoms with E-state index in [-0.39, 0.29) is 0 Å². The highest BCUT2D eigenvalue weighted by Crippen LogP contribution is 2.29. The third-order valence-corrected chi connectivity index (χ3v) is 4.80. The molecular weight excluding hydrogens is 402 g/mol. The Kier molecular flexibility index (Phi) is 7.40. The van der Waals surface area contributed by atoms with Gasteiger partial charge in [0.1, 0.15) is 0 Å². The molecule has 1 unspecified atom stereocenters. The predicted molar refractivity (Wildman–Crippen MR) is 118 cm³/mol. The van der Waals surface area contributed by atoms with Gasteiger partial charge in [0.25, 0.3) is 0 Å². The molecule has 0 saturated heterocycles. The molecular formula is C22H23N3O4S. The minimum absolute atomic E-state index is 0.453. The molecule has 30 heavy (non-hydrogen) atoms. The summed E-state index contributed by atoms with van der Waals surface area (Å²) in [6.45, 7) is 3.96. The summed E-state index contributed by atoms with van der Waals surface area (Å²) in [5.74, 6) is 0.538. The molecule has 8 heteroatoms. The Morgan fingerprint density at radius 2 is 2.03 bits per heavy atom. The largest absolute Gasteiger partial charge is 0.490 e. The van der Waals surface area contributed by atoms with Gasteiger partial charge in [-0.15, -0.1) is 11.3 Å². The number of hydrazone groups is 1. The molecule has 1 aromatic heterocycles. The SMILES string of the molecule is CCOc1cc(C=NNc2nc(-c3ccccc3)cs2)ccc1OC(C)C(=O)OC. The van der Waals surface area contributed by atoms with Crippen LogP contribution in [0.3, 0.4) is 0 Å². The van der Waals surface area contributed by atoms with Gasteiger partial charge in [0.05, 0.1) is 25.6 Å². The second kappa shape index (κ2) is 10.4. The first kappa shape index (κ1) is 21.3. The van der Waals surface area contributed by atoms with E-state index in [1.54, 1.807) is 25.3 Å². The second-order valence-corrected chi connectivity index (χ2v) is 7.05. The zero-order valence-electron chi connectivity index (χ0n) is 17.0. The fourth-order valence-corrected chi connectivity index (χ4v) is 3.27. The van der Waals surface area contributed by atoms with Crippen molar-refractivity contribution in [2.24, 2.45) is 5.10 Å². The normalized spacial score (nSPS) is 11.8. The van der Waals surface area contributed by atoms with E-state index in [1.807, 2.05) is 48.7 Å². The minimum Gasteiger partial charge on any atom is -0.490 e. The van der Waals surface area contributed by atoms with Crippen molar-refractivity contribution in [2.45, 2.75) is 20.0 Å².